The van der Waals surface area contributed by atoms with Gasteiger partial charge in [0.15, 0.2) is 10.9 Å². The molecule has 0 amide bonds. The van der Waals surface area contributed by atoms with Crippen LogP contribution in [0, 0.1) is 6.92 Å². The van der Waals surface area contributed by atoms with Gasteiger partial charge in [-0.3, -0.25) is 0 Å². The Labute approximate surface area is 146 Å². The van der Waals surface area contributed by atoms with E-state index in [0.717, 1.165) is 12.8 Å². The Hall–Kier alpha value is -1.78. The Kier molecular flexibility index (Phi) is 3.93. The van der Waals surface area contributed by atoms with E-state index < -0.39 is 16.1 Å². The number of imidazole rings is 1. The lowest BCUT2D eigenvalue weighted by atomic mass is 10.2. The van der Waals surface area contributed by atoms with Crippen LogP contribution in [-0.4, -0.2) is 52.2 Å². The lowest BCUT2D eigenvalue weighted by molar-refractivity contribution is 0.114. The third kappa shape index (κ3) is 2.87. The predicted octanol–water partition coefficient (Wildman–Crippen LogP) is 1.14. The van der Waals surface area contributed by atoms with Crippen LogP contribution in [-0.2, 0) is 21.8 Å². The summed E-state index contributed by atoms with van der Waals surface area (Å²) in [5.74, 6) is 1.98. The second-order valence-corrected chi connectivity index (χ2v) is 8.52. The van der Waals surface area contributed by atoms with Crippen LogP contribution in [0.5, 0.6) is 0 Å². The Morgan fingerprint density at radius 2 is 2.08 bits per heavy atom. The molecule has 2 atom stereocenters. The van der Waals surface area contributed by atoms with Crippen molar-refractivity contribution in [2.24, 2.45) is 7.05 Å². The summed E-state index contributed by atoms with van der Waals surface area (Å²) in [6, 6.07) is -0.530. The molecule has 0 spiro atoms. The van der Waals surface area contributed by atoms with E-state index >= 15 is 0 Å². The molecule has 3 heterocycles. The van der Waals surface area contributed by atoms with Gasteiger partial charge in [0.05, 0.1) is 6.10 Å². The first kappa shape index (κ1) is 16.7. The zero-order chi connectivity index (χ0) is 17.8. The zero-order valence-corrected chi connectivity index (χ0v) is 15.2. The van der Waals surface area contributed by atoms with E-state index in [2.05, 4.69) is 15.1 Å². The first-order valence-corrected chi connectivity index (χ1v) is 9.72. The molecule has 1 saturated heterocycles. The summed E-state index contributed by atoms with van der Waals surface area (Å²) in [7, 11) is -0.442. The van der Waals surface area contributed by atoms with E-state index in [9.17, 15) is 8.42 Å². The van der Waals surface area contributed by atoms with Gasteiger partial charge in [-0.25, -0.2) is 13.4 Å². The van der Waals surface area contributed by atoms with Gasteiger partial charge in [0.25, 0.3) is 10.0 Å². The molecule has 2 aliphatic rings. The molecule has 1 aliphatic heterocycles. The van der Waals surface area contributed by atoms with E-state index in [4.69, 9.17) is 9.26 Å². The normalized spacial score (nSPS) is 24.9. The van der Waals surface area contributed by atoms with E-state index in [0.29, 0.717) is 29.9 Å². The van der Waals surface area contributed by atoms with Gasteiger partial charge in [-0.1, -0.05) is 5.16 Å². The van der Waals surface area contributed by atoms with Crippen molar-refractivity contribution in [3.05, 3.63) is 23.7 Å². The number of aromatic nitrogens is 4. The molecule has 25 heavy (non-hydrogen) atoms. The largest absolute Gasteiger partial charge is 0.380 e. The van der Waals surface area contributed by atoms with Gasteiger partial charge in [0, 0.05) is 39.2 Å². The molecule has 10 heteroatoms. The fraction of sp³-hybridized carbons (Fsp3) is 0.667. The minimum absolute atomic E-state index is 0.0242. The van der Waals surface area contributed by atoms with Crippen molar-refractivity contribution in [1.29, 1.82) is 0 Å². The quantitative estimate of drug-likeness (QED) is 0.780. The Morgan fingerprint density at radius 3 is 2.68 bits per heavy atom. The molecule has 2 fully saturated rings. The van der Waals surface area contributed by atoms with Crippen LogP contribution in [0.1, 0.15) is 48.8 Å². The van der Waals surface area contributed by atoms with Crippen LogP contribution < -0.4 is 0 Å². The average molecular weight is 367 g/mol. The molecule has 0 aromatic carbocycles. The van der Waals surface area contributed by atoms with Gasteiger partial charge in [0.1, 0.15) is 11.9 Å². The minimum Gasteiger partial charge on any atom is -0.380 e. The highest BCUT2D eigenvalue weighted by molar-refractivity contribution is 7.89. The first-order chi connectivity index (χ1) is 11.9. The lowest BCUT2D eigenvalue weighted by Crippen LogP contribution is -2.32. The Balaban J connectivity index is 1.69. The molecular weight excluding hydrogens is 346 g/mol. The van der Waals surface area contributed by atoms with Crippen molar-refractivity contribution in [3.8, 4) is 0 Å². The number of nitrogens with zero attached hydrogens (tertiary/aromatic N) is 5. The van der Waals surface area contributed by atoms with Crippen molar-refractivity contribution >= 4 is 10.0 Å². The third-order valence-corrected chi connectivity index (χ3v) is 6.64. The first-order valence-electron chi connectivity index (χ1n) is 8.28. The summed E-state index contributed by atoms with van der Waals surface area (Å²) in [5, 5.41) is 4.04. The molecule has 0 N–H and O–H groups in total. The van der Waals surface area contributed by atoms with Gasteiger partial charge in [-0.05, 0) is 19.8 Å². The molecule has 1 saturated carbocycles. The molecule has 4 rings (SSSR count). The average Bonchev–Trinajstić information content (AvgIpc) is 3.01. The van der Waals surface area contributed by atoms with Crippen molar-refractivity contribution in [2.45, 2.75) is 49.3 Å². The van der Waals surface area contributed by atoms with Crippen molar-refractivity contribution in [3.63, 3.8) is 0 Å². The van der Waals surface area contributed by atoms with Crippen LogP contribution >= 0.6 is 0 Å². The molecular formula is C15H21N5O4S. The van der Waals surface area contributed by atoms with Crippen LogP contribution in [0.25, 0.3) is 0 Å². The smallest absolute Gasteiger partial charge is 0.262 e. The molecule has 1 aliphatic carbocycles. The molecule has 0 unspecified atom stereocenters. The third-order valence-electron chi connectivity index (χ3n) is 4.90. The highest BCUT2D eigenvalue weighted by Gasteiger charge is 2.45. The SMILES string of the molecule is CO[C@H]1C[C@H](c2nc(C3CC3)no2)N(S(=O)(=O)c2cn(C)c(C)n2)C1. The number of aryl methyl sites for hydroxylation is 2. The summed E-state index contributed by atoms with van der Waals surface area (Å²) < 4.78 is 40.0. The molecule has 2 aromatic rings. The van der Waals surface area contributed by atoms with Crippen LogP contribution in [0.4, 0.5) is 0 Å². The second kappa shape index (κ2) is 5.89. The number of methoxy groups -OCH3 is 1. The highest BCUT2D eigenvalue weighted by Crippen LogP contribution is 2.41. The highest BCUT2D eigenvalue weighted by atomic mass is 32.2. The monoisotopic (exact) mass is 367 g/mol. The fourth-order valence-corrected chi connectivity index (χ4v) is 4.74. The number of sulfonamides is 1. The van der Waals surface area contributed by atoms with Gasteiger partial charge in [-0.15, -0.1) is 0 Å². The van der Waals surface area contributed by atoms with Crippen molar-refractivity contribution < 1.29 is 17.7 Å². The van der Waals surface area contributed by atoms with E-state index in [1.54, 1.807) is 25.6 Å². The number of hydrogen-bond acceptors (Lipinski definition) is 7. The summed E-state index contributed by atoms with van der Waals surface area (Å²) >= 11 is 0. The molecule has 9 nitrogen and oxygen atoms in total. The van der Waals surface area contributed by atoms with Gasteiger partial charge < -0.3 is 13.8 Å². The summed E-state index contributed by atoms with van der Waals surface area (Å²) in [5.41, 5.74) is 0. The van der Waals surface area contributed by atoms with Crippen molar-refractivity contribution in [2.75, 3.05) is 13.7 Å². The molecule has 0 bridgehead atoms. The maximum Gasteiger partial charge on any atom is 0.262 e. The van der Waals surface area contributed by atoms with E-state index in [1.165, 1.54) is 10.5 Å². The number of ether oxygens (including phenoxy) is 1. The lowest BCUT2D eigenvalue weighted by Gasteiger charge is -2.19. The summed E-state index contributed by atoms with van der Waals surface area (Å²) in [6.45, 7) is 2.00. The predicted molar refractivity (Wildman–Crippen MR) is 86.3 cm³/mol. The number of rotatable bonds is 5. The van der Waals surface area contributed by atoms with Gasteiger partial charge in [0.2, 0.25) is 5.89 Å². The maximum atomic E-state index is 13.1. The second-order valence-electron chi connectivity index (χ2n) is 6.69. The van der Waals surface area contributed by atoms with Crippen molar-refractivity contribution in [1.82, 2.24) is 24.0 Å². The molecule has 0 radical (unpaired) electrons. The van der Waals surface area contributed by atoms with E-state index in [1.807, 2.05) is 0 Å². The van der Waals surface area contributed by atoms with Crippen LogP contribution in [0.2, 0.25) is 0 Å². The Morgan fingerprint density at radius 1 is 1.32 bits per heavy atom. The zero-order valence-electron chi connectivity index (χ0n) is 14.4. The summed E-state index contributed by atoms with van der Waals surface area (Å²) in [4.78, 5) is 8.61. The van der Waals surface area contributed by atoms with Gasteiger partial charge in [-0.2, -0.15) is 9.29 Å². The molecule has 136 valence electrons. The Bertz CT molecular complexity index is 866. The maximum absolute atomic E-state index is 13.1. The molecule has 2 aromatic heterocycles. The minimum atomic E-state index is -3.78. The summed E-state index contributed by atoms with van der Waals surface area (Å²) in [6.07, 6.45) is 3.89. The van der Waals surface area contributed by atoms with Crippen LogP contribution in [0.15, 0.2) is 15.7 Å². The topological polar surface area (TPSA) is 103 Å². The van der Waals surface area contributed by atoms with Gasteiger partial charge >= 0.3 is 0 Å². The fourth-order valence-electron chi connectivity index (χ4n) is 3.09. The van der Waals surface area contributed by atoms with E-state index in [-0.39, 0.29) is 17.7 Å². The van der Waals surface area contributed by atoms with Crippen LogP contribution in [0.3, 0.4) is 0 Å². The standard InChI is InChI=1S/C15H21N5O4S/c1-9-16-13(8-19(9)2)25(21,22)20-7-11(23-3)6-12(20)15-17-14(18-24-15)10-4-5-10/h8,10-12H,4-7H2,1-3H3/t11-,12+/m0/s1. The number of hydrogen-bond donors (Lipinski definition) is 0.